The van der Waals surface area contributed by atoms with Crippen LogP contribution in [0.2, 0.25) is 0 Å². The van der Waals surface area contributed by atoms with E-state index >= 15 is 0 Å². The summed E-state index contributed by atoms with van der Waals surface area (Å²) in [6, 6.07) is -0.204. The molecule has 0 saturated carbocycles. The lowest BCUT2D eigenvalue weighted by molar-refractivity contribution is -0.146. The highest BCUT2D eigenvalue weighted by atomic mass is 16.5. The predicted octanol–water partition coefficient (Wildman–Crippen LogP) is 0.479. The Morgan fingerprint density at radius 3 is 2.50 bits per heavy atom. The average Bonchev–Trinajstić information content (AvgIpc) is 2.17. The van der Waals surface area contributed by atoms with Crippen LogP contribution in [0.25, 0.3) is 0 Å². The number of hydrogen-bond donors (Lipinski definition) is 1. The number of likely N-dealkylation sites (N-methyl/N-ethyl adjacent to an activating group) is 2. The molecule has 0 fully saturated rings. The first-order chi connectivity index (χ1) is 6.65. The van der Waals surface area contributed by atoms with Gasteiger partial charge in [-0.1, -0.05) is 13.8 Å². The average molecular weight is 202 g/mol. The van der Waals surface area contributed by atoms with Crippen LogP contribution in [0.1, 0.15) is 20.8 Å². The minimum absolute atomic E-state index is 0.158. The largest absolute Gasteiger partial charge is 0.465 e. The SMILES string of the molecule is CCNC(CN(C)CC)C(=O)OCC. The molecule has 4 nitrogen and oxygen atoms in total. The zero-order chi connectivity index (χ0) is 11.0. The van der Waals surface area contributed by atoms with Crippen LogP contribution in [0.15, 0.2) is 0 Å². The molecule has 1 N–H and O–H groups in total. The molecule has 84 valence electrons. The van der Waals surface area contributed by atoms with Gasteiger partial charge in [-0.15, -0.1) is 0 Å². The van der Waals surface area contributed by atoms with Gasteiger partial charge in [0.05, 0.1) is 6.61 Å². The van der Waals surface area contributed by atoms with E-state index in [-0.39, 0.29) is 12.0 Å². The van der Waals surface area contributed by atoms with Gasteiger partial charge in [0.25, 0.3) is 0 Å². The Morgan fingerprint density at radius 1 is 1.43 bits per heavy atom. The van der Waals surface area contributed by atoms with Crippen molar-refractivity contribution in [3.8, 4) is 0 Å². The molecule has 14 heavy (non-hydrogen) atoms. The van der Waals surface area contributed by atoms with E-state index in [0.29, 0.717) is 13.2 Å². The second-order valence-electron chi connectivity index (χ2n) is 3.22. The number of nitrogens with zero attached hydrogens (tertiary/aromatic N) is 1. The molecule has 0 bridgehead atoms. The number of rotatable bonds is 7. The zero-order valence-electron chi connectivity index (χ0n) is 9.67. The molecule has 0 saturated heterocycles. The van der Waals surface area contributed by atoms with E-state index < -0.39 is 0 Å². The lowest BCUT2D eigenvalue weighted by Gasteiger charge is -2.21. The Labute approximate surface area is 86.6 Å². The van der Waals surface area contributed by atoms with Crippen LogP contribution in [-0.2, 0) is 9.53 Å². The van der Waals surface area contributed by atoms with E-state index in [1.54, 1.807) is 0 Å². The van der Waals surface area contributed by atoms with Crippen molar-refractivity contribution in [1.82, 2.24) is 10.2 Å². The van der Waals surface area contributed by atoms with Gasteiger partial charge >= 0.3 is 5.97 Å². The van der Waals surface area contributed by atoms with Crippen LogP contribution in [0, 0.1) is 0 Å². The third-order valence-corrected chi connectivity index (χ3v) is 2.06. The van der Waals surface area contributed by atoms with Gasteiger partial charge in [-0.25, -0.2) is 0 Å². The summed E-state index contributed by atoms with van der Waals surface area (Å²) in [6.45, 7) is 8.72. The Balaban J connectivity index is 4.06. The standard InChI is InChI=1S/C10H22N2O2/c1-5-11-9(8-12(4)6-2)10(13)14-7-3/h9,11H,5-8H2,1-4H3. The maximum absolute atomic E-state index is 11.5. The topological polar surface area (TPSA) is 41.6 Å². The molecule has 1 unspecified atom stereocenters. The van der Waals surface area contributed by atoms with Gasteiger partial charge in [-0.3, -0.25) is 4.79 Å². The number of carbonyl (C=O) groups excluding carboxylic acids is 1. The third-order valence-electron chi connectivity index (χ3n) is 2.06. The zero-order valence-corrected chi connectivity index (χ0v) is 9.67. The van der Waals surface area contributed by atoms with E-state index in [2.05, 4.69) is 17.1 Å². The highest BCUT2D eigenvalue weighted by Gasteiger charge is 2.19. The summed E-state index contributed by atoms with van der Waals surface area (Å²) in [7, 11) is 1.99. The second kappa shape index (κ2) is 7.76. The monoisotopic (exact) mass is 202 g/mol. The molecule has 0 aliphatic rings. The molecule has 0 amide bonds. The molecule has 0 heterocycles. The summed E-state index contributed by atoms with van der Waals surface area (Å²) in [5.41, 5.74) is 0. The molecule has 4 heteroatoms. The van der Waals surface area contributed by atoms with Crippen LogP contribution >= 0.6 is 0 Å². The lowest BCUT2D eigenvalue weighted by Crippen LogP contribution is -2.45. The van der Waals surface area contributed by atoms with Crippen molar-refractivity contribution >= 4 is 5.97 Å². The normalized spacial score (nSPS) is 12.9. The first kappa shape index (κ1) is 13.4. The van der Waals surface area contributed by atoms with Crippen molar-refractivity contribution in [3.63, 3.8) is 0 Å². The minimum atomic E-state index is -0.204. The van der Waals surface area contributed by atoms with Crippen molar-refractivity contribution in [2.45, 2.75) is 26.8 Å². The van der Waals surface area contributed by atoms with E-state index in [9.17, 15) is 4.79 Å². The summed E-state index contributed by atoms with van der Waals surface area (Å²) in [5, 5.41) is 3.12. The molecule has 0 radical (unpaired) electrons. The fourth-order valence-corrected chi connectivity index (χ4v) is 1.15. The van der Waals surface area contributed by atoms with Gasteiger partial charge < -0.3 is 15.0 Å². The lowest BCUT2D eigenvalue weighted by atomic mass is 10.2. The highest BCUT2D eigenvalue weighted by molar-refractivity contribution is 5.76. The maximum Gasteiger partial charge on any atom is 0.324 e. The molecule has 1 atom stereocenters. The third kappa shape index (κ3) is 5.19. The van der Waals surface area contributed by atoms with Crippen molar-refractivity contribution < 1.29 is 9.53 Å². The van der Waals surface area contributed by atoms with Crippen molar-refractivity contribution in [2.24, 2.45) is 0 Å². The number of carbonyl (C=O) groups is 1. The molecule has 0 rings (SSSR count). The molecule has 0 aliphatic carbocycles. The second-order valence-corrected chi connectivity index (χ2v) is 3.22. The number of esters is 1. The molecule has 0 spiro atoms. The fourth-order valence-electron chi connectivity index (χ4n) is 1.15. The first-order valence-corrected chi connectivity index (χ1v) is 5.24. The molecule has 0 aromatic rings. The highest BCUT2D eigenvalue weighted by Crippen LogP contribution is 1.93. The molecule has 0 aliphatic heterocycles. The van der Waals surface area contributed by atoms with E-state index in [4.69, 9.17) is 4.74 Å². The van der Waals surface area contributed by atoms with Gasteiger partial charge in [0, 0.05) is 6.54 Å². The first-order valence-electron chi connectivity index (χ1n) is 5.24. The Kier molecular flexibility index (Phi) is 7.42. The summed E-state index contributed by atoms with van der Waals surface area (Å²) in [6.07, 6.45) is 0. The van der Waals surface area contributed by atoms with Gasteiger partial charge in [0.1, 0.15) is 6.04 Å². The smallest absolute Gasteiger partial charge is 0.324 e. The van der Waals surface area contributed by atoms with E-state index in [1.165, 1.54) is 0 Å². The van der Waals surface area contributed by atoms with E-state index in [0.717, 1.165) is 13.1 Å². The van der Waals surface area contributed by atoms with Gasteiger partial charge in [0.15, 0.2) is 0 Å². The summed E-state index contributed by atoms with van der Waals surface area (Å²) in [4.78, 5) is 13.6. The van der Waals surface area contributed by atoms with Crippen LogP contribution < -0.4 is 5.32 Å². The maximum atomic E-state index is 11.5. The fraction of sp³-hybridized carbons (Fsp3) is 0.900. The summed E-state index contributed by atoms with van der Waals surface area (Å²) in [5.74, 6) is -0.158. The minimum Gasteiger partial charge on any atom is -0.465 e. The quantitative estimate of drug-likeness (QED) is 0.610. The molecular formula is C10H22N2O2. The van der Waals surface area contributed by atoms with Crippen LogP contribution in [0.4, 0.5) is 0 Å². The molecule has 0 aromatic heterocycles. The Bertz CT molecular complexity index is 162. The Hall–Kier alpha value is -0.610. The number of nitrogens with one attached hydrogen (secondary N) is 1. The van der Waals surface area contributed by atoms with Gasteiger partial charge in [-0.2, -0.15) is 0 Å². The van der Waals surface area contributed by atoms with Gasteiger partial charge in [-0.05, 0) is 27.1 Å². The summed E-state index contributed by atoms with van der Waals surface area (Å²) >= 11 is 0. The summed E-state index contributed by atoms with van der Waals surface area (Å²) < 4.78 is 4.97. The molecular weight excluding hydrogens is 180 g/mol. The van der Waals surface area contributed by atoms with Crippen LogP contribution in [0.3, 0.4) is 0 Å². The van der Waals surface area contributed by atoms with Gasteiger partial charge in [0.2, 0.25) is 0 Å². The Morgan fingerprint density at radius 2 is 2.07 bits per heavy atom. The van der Waals surface area contributed by atoms with Crippen molar-refractivity contribution in [1.29, 1.82) is 0 Å². The van der Waals surface area contributed by atoms with Crippen molar-refractivity contribution in [2.75, 3.05) is 33.3 Å². The predicted molar refractivity (Wildman–Crippen MR) is 57.3 cm³/mol. The van der Waals surface area contributed by atoms with Crippen LogP contribution in [-0.4, -0.2) is 50.2 Å². The van der Waals surface area contributed by atoms with Crippen LogP contribution in [0.5, 0.6) is 0 Å². The van der Waals surface area contributed by atoms with E-state index in [1.807, 2.05) is 20.9 Å². The number of hydrogen-bond acceptors (Lipinski definition) is 4. The van der Waals surface area contributed by atoms with Crippen molar-refractivity contribution in [3.05, 3.63) is 0 Å². The molecule has 0 aromatic carbocycles. The number of ether oxygens (including phenoxy) is 1.